The van der Waals surface area contributed by atoms with Crippen LogP contribution in [0.25, 0.3) is 6.08 Å². The minimum Gasteiger partial charge on any atom is -0.399 e. The molecule has 2 rings (SSSR count). The van der Waals surface area contributed by atoms with Gasteiger partial charge < -0.3 is 10.5 Å². The minimum atomic E-state index is 0.193. The first-order valence-electron chi connectivity index (χ1n) is 6.38. The van der Waals surface area contributed by atoms with E-state index in [2.05, 4.69) is 0 Å². The monoisotopic (exact) mass is 245 g/mol. The molecule has 0 radical (unpaired) electrons. The van der Waals surface area contributed by atoms with Crippen molar-refractivity contribution < 1.29 is 9.53 Å². The molecule has 0 bridgehead atoms. The van der Waals surface area contributed by atoms with Gasteiger partial charge in [0.15, 0.2) is 5.78 Å². The maximum atomic E-state index is 11.8. The quantitative estimate of drug-likeness (QED) is 0.655. The number of allylic oxidation sites excluding steroid dienone is 1. The van der Waals surface area contributed by atoms with E-state index < -0.39 is 0 Å². The van der Waals surface area contributed by atoms with Crippen molar-refractivity contribution in [2.24, 2.45) is 5.92 Å². The normalized spacial score (nSPS) is 17.1. The zero-order chi connectivity index (χ0) is 12.8. The molecule has 2 N–H and O–H groups in total. The Balaban J connectivity index is 1.84. The zero-order valence-electron chi connectivity index (χ0n) is 10.5. The Hall–Kier alpha value is -1.61. The van der Waals surface area contributed by atoms with E-state index >= 15 is 0 Å². The summed E-state index contributed by atoms with van der Waals surface area (Å²) in [6.45, 7) is 1.58. The van der Waals surface area contributed by atoms with Crippen LogP contribution in [0.1, 0.15) is 24.8 Å². The van der Waals surface area contributed by atoms with Gasteiger partial charge in [0.2, 0.25) is 0 Å². The summed E-state index contributed by atoms with van der Waals surface area (Å²) in [6, 6.07) is 7.49. The van der Waals surface area contributed by atoms with Gasteiger partial charge in [0, 0.05) is 25.3 Å². The Labute approximate surface area is 108 Å². The predicted octanol–water partition coefficient (Wildman–Crippen LogP) is 2.67. The highest BCUT2D eigenvalue weighted by Gasteiger charge is 2.15. The number of carbonyl (C=O) groups is 1. The maximum Gasteiger partial charge on any atom is 0.155 e. The summed E-state index contributed by atoms with van der Waals surface area (Å²) in [6.07, 6.45) is 6.15. The lowest BCUT2D eigenvalue weighted by molar-refractivity contribution is -0.116. The van der Waals surface area contributed by atoms with E-state index in [-0.39, 0.29) is 5.78 Å². The number of ketones is 1. The SMILES string of the molecule is Nc1ccc(/C=C/C(=O)CC2CCOCC2)cc1. The lowest BCUT2D eigenvalue weighted by atomic mass is 9.94. The molecular weight excluding hydrogens is 226 g/mol. The van der Waals surface area contributed by atoms with Crippen LogP contribution in [0.3, 0.4) is 0 Å². The standard InChI is InChI=1S/C15H19NO2/c16-14-4-1-12(2-5-14)3-6-15(17)11-13-7-9-18-10-8-13/h1-6,13H,7-11,16H2/b6-3+. The number of hydrogen-bond donors (Lipinski definition) is 1. The molecule has 0 aromatic heterocycles. The second-order valence-corrected chi connectivity index (χ2v) is 4.73. The summed E-state index contributed by atoms with van der Waals surface area (Å²) in [4.78, 5) is 11.8. The first-order valence-corrected chi connectivity index (χ1v) is 6.38. The number of anilines is 1. The van der Waals surface area contributed by atoms with E-state index in [1.165, 1.54) is 0 Å². The van der Waals surface area contributed by atoms with Crippen LogP contribution in [0.2, 0.25) is 0 Å². The molecule has 1 saturated heterocycles. The molecule has 96 valence electrons. The Morgan fingerprint density at radius 1 is 1.28 bits per heavy atom. The fourth-order valence-corrected chi connectivity index (χ4v) is 2.10. The molecule has 0 unspecified atom stereocenters. The van der Waals surface area contributed by atoms with E-state index in [4.69, 9.17) is 10.5 Å². The van der Waals surface area contributed by atoms with Crippen molar-refractivity contribution in [3.63, 3.8) is 0 Å². The molecule has 0 saturated carbocycles. The van der Waals surface area contributed by atoms with Crippen molar-refractivity contribution in [2.75, 3.05) is 18.9 Å². The fourth-order valence-electron chi connectivity index (χ4n) is 2.10. The van der Waals surface area contributed by atoms with Gasteiger partial charge in [-0.25, -0.2) is 0 Å². The number of nitrogen functional groups attached to an aromatic ring is 1. The summed E-state index contributed by atoms with van der Waals surface area (Å²) >= 11 is 0. The summed E-state index contributed by atoms with van der Waals surface area (Å²) in [5.41, 5.74) is 7.34. The molecule has 1 aliphatic heterocycles. The van der Waals surface area contributed by atoms with Gasteiger partial charge >= 0.3 is 0 Å². The van der Waals surface area contributed by atoms with E-state index in [9.17, 15) is 4.79 Å². The summed E-state index contributed by atoms with van der Waals surface area (Å²) in [5.74, 6) is 0.682. The Kier molecular flexibility index (Phi) is 4.53. The average molecular weight is 245 g/mol. The lowest BCUT2D eigenvalue weighted by Gasteiger charge is -2.20. The third kappa shape index (κ3) is 4.00. The Morgan fingerprint density at radius 3 is 2.61 bits per heavy atom. The van der Waals surface area contributed by atoms with Crippen LogP contribution in [0, 0.1) is 5.92 Å². The molecule has 0 aliphatic carbocycles. The smallest absolute Gasteiger partial charge is 0.155 e. The molecule has 0 amide bonds. The van der Waals surface area contributed by atoms with Crippen molar-refractivity contribution in [2.45, 2.75) is 19.3 Å². The lowest BCUT2D eigenvalue weighted by Crippen LogP contribution is -2.17. The molecule has 0 spiro atoms. The average Bonchev–Trinajstić information content (AvgIpc) is 2.39. The third-order valence-electron chi connectivity index (χ3n) is 3.23. The van der Waals surface area contributed by atoms with E-state index in [0.29, 0.717) is 12.3 Å². The van der Waals surface area contributed by atoms with Crippen LogP contribution in [-0.2, 0) is 9.53 Å². The molecule has 0 atom stereocenters. The first-order chi connectivity index (χ1) is 8.74. The summed E-state index contributed by atoms with van der Waals surface area (Å²) in [5, 5.41) is 0. The molecule has 18 heavy (non-hydrogen) atoms. The van der Waals surface area contributed by atoms with Crippen molar-refractivity contribution in [1.82, 2.24) is 0 Å². The van der Waals surface area contributed by atoms with Crippen LogP contribution in [0.15, 0.2) is 30.3 Å². The van der Waals surface area contributed by atoms with Crippen molar-refractivity contribution in [1.29, 1.82) is 0 Å². The molecule has 1 heterocycles. The second kappa shape index (κ2) is 6.36. The third-order valence-corrected chi connectivity index (χ3v) is 3.23. The van der Waals surface area contributed by atoms with Crippen molar-refractivity contribution in [3.05, 3.63) is 35.9 Å². The Bertz CT molecular complexity index is 417. The van der Waals surface area contributed by atoms with Gasteiger partial charge in [-0.15, -0.1) is 0 Å². The van der Waals surface area contributed by atoms with Gasteiger partial charge in [0.1, 0.15) is 0 Å². The largest absolute Gasteiger partial charge is 0.399 e. The molecule has 1 fully saturated rings. The van der Waals surface area contributed by atoms with Crippen LogP contribution in [0.5, 0.6) is 0 Å². The summed E-state index contributed by atoms with van der Waals surface area (Å²) in [7, 11) is 0. The van der Waals surface area contributed by atoms with Gasteiger partial charge in [0.25, 0.3) is 0 Å². The number of benzene rings is 1. The topological polar surface area (TPSA) is 52.3 Å². The molecule has 3 nitrogen and oxygen atoms in total. The molecule has 3 heteroatoms. The van der Waals surface area contributed by atoms with Crippen molar-refractivity contribution >= 4 is 17.5 Å². The van der Waals surface area contributed by atoms with Crippen molar-refractivity contribution in [3.8, 4) is 0 Å². The van der Waals surface area contributed by atoms with Crippen LogP contribution < -0.4 is 5.73 Å². The predicted molar refractivity (Wildman–Crippen MR) is 73.1 cm³/mol. The van der Waals surface area contributed by atoms with Crippen LogP contribution >= 0.6 is 0 Å². The maximum absolute atomic E-state index is 11.8. The van der Waals surface area contributed by atoms with Gasteiger partial charge in [-0.2, -0.15) is 0 Å². The van der Waals surface area contributed by atoms with Gasteiger partial charge in [-0.05, 0) is 42.5 Å². The number of nitrogens with two attached hydrogens (primary N) is 1. The number of rotatable bonds is 4. The highest BCUT2D eigenvalue weighted by atomic mass is 16.5. The first kappa shape index (κ1) is 12.8. The number of carbonyl (C=O) groups excluding carboxylic acids is 1. The second-order valence-electron chi connectivity index (χ2n) is 4.73. The number of ether oxygens (including phenoxy) is 1. The molecule has 1 aliphatic rings. The Morgan fingerprint density at radius 2 is 1.94 bits per heavy atom. The van der Waals surface area contributed by atoms with E-state index in [1.54, 1.807) is 6.08 Å². The fraction of sp³-hybridized carbons (Fsp3) is 0.400. The molecular formula is C15H19NO2. The highest BCUT2D eigenvalue weighted by molar-refractivity contribution is 5.93. The highest BCUT2D eigenvalue weighted by Crippen LogP contribution is 2.19. The van der Waals surface area contributed by atoms with Crippen LogP contribution in [0.4, 0.5) is 5.69 Å². The molecule has 1 aromatic carbocycles. The van der Waals surface area contributed by atoms with Gasteiger partial charge in [-0.1, -0.05) is 18.2 Å². The van der Waals surface area contributed by atoms with E-state index in [1.807, 2.05) is 30.3 Å². The summed E-state index contributed by atoms with van der Waals surface area (Å²) < 4.78 is 5.28. The zero-order valence-corrected chi connectivity index (χ0v) is 10.5. The van der Waals surface area contributed by atoms with Gasteiger partial charge in [0.05, 0.1) is 0 Å². The number of hydrogen-bond acceptors (Lipinski definition) is 3. The van der Waals surface area contributed by atoms with E-state index in [0.717, 1.165) is 37.3 Å². The van der Waals surface area contributed by atoms with Gasteiger partial charge in [-0.3, -0.25) is 4.79 Å². The van der Waals surface area contributed by atoms with Crippen LogP contribution in [-0.4, -0.2) is 19.0 Å². The molecule has 1 aromatic rings. The minimum absolute atomic E-state index is 0.193.